The molecule has 0 aliphatic carbocycles. The Morgan fingerprint density at radius 2 is 1.59 bits per heavy atom. The van der Waals surface area contributed by atoms with Crippen LogP contribution < -0.4 is 10.6 Å². The highest BCUT2D eigenvalue weighted by Crippen LogP contribution is 2.21. The predicted octanol–water partition coefficient (Wildman–Crippen LogP) is 3.03. The molecule has 1 fully saturated rings. The van der Waals surface area contributed by atoms with Crippen molar-refractivity contribution in [1.82, 2.24) is 14.9 Å². The Labute approximate surface area is 174 Å². The highest BCUT2D eigenvalue weighted by molar-refractivity contribution is 7.89. The molecule has 2 aromatic rings. The summed E-state index contributed by atoms with van der Waals surface area (Å²) in [6, 6.07) is 15.5. The van der Waals surface area contributed by atoms with Crippen molar-refractivity contribution in [3.05, 3.63) is 65.2 Å². The van der Waals surface area contributed by atoms with Crippen LogP contribution >= 0.6 is 0 Å². The zero-order valence-electron chi connectivity index (χ0n) is 17.2. The smallest absolute Gasteiger partial charge is 0.243 e. The molecule has 0 aromatic heterocycles. The lowest BCUT2D eigenvalue weighted by atomic mass is 10.1. The van der Waals surface area contributed by atoms with Gasteiger partial charge in [0.2, 0.25) is 10.0 Å². The first-order valence-electron chi connectivity index (χ1n) is 10.1. The molecule has 2 N–H and O–H groups in total. The number of guanidine groups is 1. The van der Waals surface area contributed by atoms with E-state index in [9.17, 15) is 8.42 Å². The highest BCUT2D eigenvalue weighted by Gasteiger charge is 2.25. The van der Waals surface area contributed by atoms with Crippen molar-refractivity contribution in [3.8, 4) is 0 Å². The second kappa shape index (κ2) is 9.89. The minimum Gasteiger partial charge on any atom is -0.352 e. The first-order chi connectivity index (χ1) is 14.0. The normalized spacial score (nSPS) is 15.9. The van der Waals surface area contributed by atoms with E-state index in [1.54, 1.807) is 29.6 Å². The Morgan fingerprint density at radius 1 is 0.966 bits per heavy atom. The number of sulfonamides is 1. The number of nitrogens with one attached hydrogen (secondary N) is 2. The van der Waals surface area contributed by atoms with E-state index < -0.39 is 10.0 Å². The molecule has 0 unspecified atom stereocenters. The molecular weight excluding hydrogens is 384 g/mol. The van der Waals surface area contributed by atoms with Gasteiger partial charge in [0.25, 0.3) is 0 Å². The van der Waals surface area contributed by atoms with Gasteiger partial charge in [-0.05, 0) is 43.0 Å². The molecule has 1 saturated heterocycles. The van der Waals surface area contributed by atoms with Gasteiger partial charge in [0.1, 0.15) is 0 Å². The second-order valence-corrected chi connectivity index (χ2v) is 9.32. The van der Waals surface area contributed by atoms with Crippen molar-refractivity contribution >= 4 is 16.0 Å². The third-order valence-corrected chi connectivity index (χ3v) is 6.97. The van der Waals surface area contributed by atoms with Crippen molar-refractivity contribution in [2.24, 2.45) is 4.99 Å². The summed E-state index contributed by atoms with van der Waals surface area (Å²) < 4.78 is 27.4. The third-order valence-electron chi connectivity index (χ3n) is 5.08. The van der Waals surface area contributed by atoms with Crippen LogP contribution in [0.2, 0.25) is 0 Å². The lowest BCUT2D eigenvalue weighted by Crippen LogP contribution is -2.36. The first kappa shape index (κ1) is 21.3. The van der Waals surface area contributed by atoms with Crippen molar-refractivity contribution in [1.29, 1.82) is 0 Å². The average Bonchev–Trinajstić information content (AvgIpc) is 2.75. The number of nitrogens with zero attached hydrogens (tertiary/aromatic N) is 2. The van der Waals surface area contributed by atoms with Crippen molar-refractivity contribution in [2.75, 3.05) is 20.1 Å². The lowest BCUT2D eigenvalue weighted by molar-refractivity contribution is 0.346. The zero-order valence-corrected chi connectivity index (χ0v) is 18.0. The van der Waals surface area contributed by atoms with Crippen LogP contribution in [-0.2, 0) is 23.1 Å². The minimum atomic E-state index is -3.42. The number of rotatable bonds is 6. The maximum atomic E-state index is 12.9. The molecule has 0 bridgehead atoms. The molecule has 29 heavy (non-hydrogen) atoms. The van der Waals surface area contributed by atoms with Gasteiger partial charge in [-0.1, -0.05) is 48.4 Å². The van der Waals surface area contributed by atoms with E-state index in [2.05, 4.69) is 40.7 Å². The summed E-state index contributed by atoms with van der Waals surface area (Å²) >= 11 is 0. The van der Waals surface area contributed by atoms with Gasteiger partial charge in [0, 0.05) is 33.2 Å². The van der Waals surface area contributed by atoms with Crippen LogP contribution in [0.3, 0.4) is 0 Å². The van der Waals surface area contributed by atoms with Crippen molar-refractivity contribution < 1.29 is 8.42 Å². The summed E-state index contributed by atoms with van der Waals surface area (Å²) in [7, 11) is -1.69. The lowest BCUT2D eigenvalue weighted by Gasteiger charge is -2.26. The van der Waals surface area contributed by atoms with Crippen LogP contribution in [0.25, 0.3) is 0 Å². The molecule has 156 valence electrons. The van der Waals surface area contributed by atoms with E-state index in [1.165, 1.54) is 11.1 Å². The SMILES string of the molecule is CN=C(NCc1cccc(C)c1)NCc1cccc(S(=O)(=O)N2CCCCC2)c1. The Balaban J connectivity index is 1.60. The number of piperidine rings is 1. The fourth-order valence-corrected chi connectivity index (χ4v) is 5.07. The van der Waals surface area contributed by atoms with Crippen LogP contribution in [0.5, 0.6) is 0 Å². The minimum absolute atomic E-state index is 0.362. The maximum Gasteiger partial charge on any atom is 0.243 e. The van der Waals surface area contributed by atoms with Gasteiger partial charge in [-0.3, -0.25) is 4.99 Å². The van der Waals surface area contributed by atoms with Gasteiger partial charge in [-0.25, -0.2) is 8.42 Å². The van der Waals surface area contributed by atoms with E-state index >= 15 is 0 Å². The van der Waals surface area contributed by atoms with Crippen molar-refractivity contribution in [2.45, 2.75) is 44.2 Å². The summed E-state index contributed by atoms with van der Waals surface area (Å²) in [6.07, 6.45) is 2.97. The molecule has 0 radical (unpaired) electrons. The summed E-state index contributed by atoms with van der Waals surface area (Å²) in [5, 5.41) is 6.55. The monoisotopic (exact) mass is 414 g/mol. The van der Waals surface area contributed by atoms with Gasteiger partial charge in [0.05, 0.1) is 4.90 Å². The molecule has 3 rings (SSSR count). The zero-order chi connectivity index (χ0) is 20.7. The van der Waals surface area contributed by atoms with Gasteiger partial charge >= 0.3 is 0 Å². The fraction of sp³-hybridized carbons (Fsp3) is 0.409. The molecule has 2 aromatic carbocycles. The Hall–Kier alpha value is -2.38. The molecular formula is C22H30N4O2S. The van der Waals surface area contributed by atoms with Crippen molar-refractivity contribution in [3.63, 3.8) is 0 Å². The highest BCUT2D eigenvalue weighted by atomic mass is 32.2. The average molecular weight is 415 g/mol. The quantitative estimate of drug-likeness (QED) is 0.563. The molecule has 6 nitrogen and oxygen atoms in total. The molecule has 0 spiro atoms. The van der Waals surface area contributed by atoms with E-state index in [0.717, 1.165) is 24.8 Å². The first-order valence-corrected chi connectivity index (χ1v) is 11.5. The Kier molecular flexibility index (Phi) is 7.28. The Bertz CT molecular complexity index is 951. The topological polar surface area (TPSA) is 73.8 Å². The van der Waals surface area contributed by atoms with E-state index in [-0.39, 0.29) is 0 Å². The standard InChI is InChI=1S/C22H30N4O2S/c1-18-8-6-9-19(14-18)16-24-22(23-2)25-17-20-10-7-11-21(15-20)29(27,28)26-12-4-3-5-13-26/h6-11,14-15H,3-5,12-13,16-17H2,1-2H3,(H2,23,24,25). The molecule has 1 aliphatic rings. The molecule has 7 heteroatoms. The van der Waals surface area contributed by atoms with Gasteiger partial charge in [0.15, 0.2) is 5.96 Å². The molecule has 1 aliphatic heterocycles. The number of benzene rings is 2. The predicted molar refractivity (Wildman–Crippen MR) is 117 cm³/mol. The van der Waals surface area contributed by atoms with Crippen LogP contribution in [-0.4, -0.2) is 38.8 Å². The van der Waals surface area contributed by atoms with Crippen LogP contribution in [0.4, 0.5) is 0 Å². The molecule has 0 atom stereocenters. The summed E-state index contributed by atoms with van der Waals surface area (Å²) in [6.45, 7) is 4.46. The Morgan fingerprint density at radius 3 is 2.21 bits per heavy atom. The van der Waals surface area contributed by atoms with E-state index in [0.29, 0.717) is 37.0 Å². The van der Waals surface area contributed by atoms with Crippen LogP contribution in [0.1, 0.15) is 36.0 Å². The van der Waals surface area contributed by atoms with Gasteiger partial charge < -0.3 is 10.6 Å². The van der Waals surface area contributed by atoms with E-state index in [1.807, 2.05) is 12.1 Å². The third kappa shape index (κ3) is 5.81. The number of hydrogen-bond acceptors (Lipinski definition) is 3. The number of aryl methyl sites for hydroxylation is 1. The fourth-order valence-electron chi connectivity index (χ4n) is 3.48. The summed E-state index contributed by atoms with van der Waals surface area (Å²) in [5.41, 5.74) is 3.31. The van der Waals surface area contributed by atoms with Gasteiger partial charge in [-0.2, -0.15) is 4.31 Å². The van der Waals surface area contributed by atoms with Gasteiger partial charge in [-0.15, -0.1) is 0 Å². The van der Waals surface area contributed by atoms with Crippen LogP contribution in [0, 0.1) is 6.92 Å². The summed E-state index contributed by atoms with van der Waals surface area (Å²) in [5.74, 6) is 0.677. The molecule has 0 saturated carbocycles. The molecule has 1 heterocycles. The second-order valence-electron chi connectivity index (χ2n) is 7.38. The van der Waals surface area contributed by atoms with E-state index in [4.69, 9.17) is 0 Å². The number of aliphatic imine (C=N–C) groups is 1. The molecule has 0 amide bonds. The largest absolute Gasteiger partial charge is 0.352 e. The van der Waals surface area contributed by atoms with Crippen LogP contribution in [0.15, 0.2) is 58.4 Å². The summed E-state index contributed by atoms with van der Waals surface area (Å²) in [4.78, 5) is 4.62. The number of hydrogen-bond donors (Lipinski definition) is 2. The maximum absolute atomic E-state index is 12.9.